The highest BCUT2D eigenvalue weighted by atomic mass is 35.5. The van der Waals surface area contributed by atoms with Gasteiger partial charge in [-0.25, -0.2) is 8.78 Å². The van der Waals surface area contributed by atoms with Crippen molar-refractivity contribution in [3.63, 3.8) is 0 Å². The Morgan fingerprint density at radius 2 is 1.63 bits per heavy atom. The lowest BCUT2D eigenvalue weighted by Gasteiger charge is -2.47. The molecule has 2 aromatic rings. The summed E-state index contributed by atoms with van der Waals surface area (Å²) in [5, 5.41) is 13.0. The molecule has 2 aliphatic carbocycles. The number of carbonyl (C=O) groups excluding carboxylic acids is 2. The molecule has 2 fully saturated rings. The van der Waals surface area contributed by atoms with Gasteiger partial charge >= 0.3 is 12.1 Å². The average molecular weight is 625 g/mol. The summed E-state index contributed by atoms with van der Waals surface area (Å²) in [6.07, 6.45) is -2.91. The standard InChI is InChI=1S/C26H27Cl2F5N4O4/c1-23(11-25(29,30)12-23)13-36(10-18(38)19-16(27)8-34-9-17(19)28)21(39)15-7-35-37(20(15)26(31,32)33)14-3-5-24(2,6-4-14)22(40)41/h7-9,14H,3-6,10-13H2,1-2H3,(H,40,41)/t14-,24-. The van der Waals surface area contributed by atoms with Gasteiger partial charge in [-0.3, -0.25) is 24.0 Å². The Morgan fingerprint density at radius 1 is 1.07 bits per heavy atom. The van der Waals surface area contributed by atoms with Crippen molar-refractivity contribution >= 4 is 40.9 Å². The van der Waals surface area contributed by atoms with Crippen LogP contribution in [0.2, 0.25) is 10.0 Å². The van der Waals surface area contributed by atoms with Crippen LogP contribution in [0.5, 0.6) is 0 Å². The van der Waals surface area contributed by atoms with Crippen LogP contribution in [0.15, 0.2) is 18.6 Å². The molecule has 0 radical (unpaired) electrons. The van der Waals surface area contributed by atoms with Gasteiger partial charge in [0.2, 0.25) is 5.92 Å². The average Bonchev–Trinajstić information content (AvgIpc) is 3.28. The van der Waals surface area contributed by atoms with Gasteiger partial charge in [0.05, 0.1) is 45.4 Å². The van der Waals surface area contributed by atoms with Crippen molar-refractivity contribution in [2.24, 2.45) is 10.8 Å². The van der Waals surface area contributed by atoms with Crippen molar-refractivity contribution in [3.8, 4) is 0 Å². The summed E-state index contributed by atoms with van der Waals surface area (Å²) >= 11 is 12.1. The molecule has 0 aromatic carbocycles. The molecular formula is C26H27Cl2F5N4O4. The maximum absolute atomic E-state index is 14.4. The van der Waals surface area contributed by atoms with Crippen molar-refractivity contribution in [1.82, 2.24) is 19.7 Å². The zero-order valence-corrected chi connectivity index (χ0v) is 23.6. The zero-order chi connectivity index (χ0) is 30.5. The van der Waals surface area contributed by atoms with Crippen LogP contribution < -0.4 is 0 Å². The molecule has 41 heavy (non-hydrogen) atoms. The van der Waals surface area contributed by atoms with Gasteiger partial charge in [-0.15, -0.1) is 0 Å². The molecule has 15 heteroatoms. The third-order valence-electron chi connectivity index (χ3n) is 7.91. The summed E-state index contributed by atoms with van der Waals surface area (Å²) in [6.45, 7) is 1.76. The first-order chi connectivity index (χ1) is 18.9. The van der Waals surface area contributed by atoms with Gasteiger partial charge < -0.3 is 10.0 Å². The highest BCUT2D eigenvalue weighted by Crippen LogP contribution is 2.52. The second-order valence-electron chi connectivity index (χ2n) is 11.5. The van der Waals surface area contributed by atoms with Gasteiger partial charge in [0, 0.05) is 31.8 Å². The number of carbonyl (C=O) groups is 3. The number of aliphatic carboxylic acids is 1. The van der Waals surface area contributed by atoms with Crippen LogP contribution >= 0.6 is 23.2 Å². The molecule has 2 heterocycles. The van der Waals surface area contributed by atoms with Crippen LogP contribution in [0.1, 0.15) is 84.8 Å². The van der Waals surface area contributed by atoms with Gasteiger partial charge in [0.15, 0.2) is 11.5 Å². The number of ketones is 1. The smallest absolute Gasteiger partial charge is 0.433 e. The van der Waals surface area contributed by atoms with Crippen LogP contribution in [-0.2, 0) is 11.0 Å². The van der Waals surface area contributed by atoms with Crippen molar-refractivity contribution in [2.75, 3.05) is 13.1 Å². The van der Waals surface area contributed by atoms with Crippen molar-refractivity contribution in [1.29, 1.82) is 0 Å². The highest BCUT2D eigenvalue weighted by Gasteiger charge is 2.55. The molecule has 0 atom stereocenters. The van der Waals surface area contributed by atoms with E-state index >= 15 is 0 Å². The zero-order valence-electron chi connectivity index (χ0n) is 22.1. The highest BCUT2D eigenvalue weighted by molar-refractivity contribution is 6.39. The molecule has 2 aliphatic rings. The summed E-state index contributed by atoms with van der Waals surface area (Å²) in [7, 11) is 0. The second-order valence-corrected chi connectivity index (χ2v) is 12.3. The van der Waals surface area contributed by atoms with Crippen LogP contribution in [0, 0.1) is 10.8 Å². The molecule has 2 aromatic heterocycles. The van der Waals surface area contributed by atoms with Gasteiger partial charge in [0.1, 0.15) is 0 Å². The minimum atomic E-state index is -5.05. The van der Waals surface area contributed by atoms with E-state index in [4.69, 9.17) is 23.2 Å². The van der Waals surface area contributed by atoms with Crippen LogP contribution in [0.3, 0.4) is 0 Å². The predicted molar refractivity (Wildman–Crippen MR) is 137 cm³/mol. The molecule has 0 unspecified atom stereocenters. The first kappa shape index (κ1) is 31.1. The Hall–Kier alpha value is -2.80. The van der Waals surface area contributed by atoms with Crippen LogP contribution in [0.4, 0.5) is 22.0 Å². The number of Topliss-reactive ketones (excluding diaryl/α,β-unsaturated/α-hetero) is 1. The third kappa shape index (κ3) is 6.35. The molecule has 8 nitrogen and oxygen atoms in total. The number of nitrogens with zero attached hydrogens (tertiary/aromatic N) is 4. The summed E-state index contributed by atoms with van der Waals surface area (Å²) in [5.41, 5.74) is -4.66. The maximum atomic E-state index is 14.4. The Kier molecular flexibility index (Phi) is 8.20. The fourth-order valence-corrected chi connectivity index (χ4v) is 6.42. The first-order valence-electron chi connectivity index (χ1n) is 12.7. The third-order valence-corrected chi connectivity index (χ3v) is 8.49. The number of aromatic nitrogens is 3. The van der Waals surface area contributed by atoms with Crippen LogP contribution in [-0.4, -0.2) is 61.4 Å². The number of carboxylic acid groups (broad SMARTS) is 1. The van der Waals surface area contributed by atoms with E-state index < -0.39 is 83.8 Å². The SMILES string of the molecule is CC1(CN(CC(=O)c2c(Cl)cncc2Cl)C(=O)c2cnn([C@H]3CC[C@](C)(C(=O)O)CC3)c2C(F)(F)F)CC(F)(F)C1. The van der Waals surface area contributed by atoms with Gasteiger partial charge in [-0.1, -0.05) is 30.1 Å². The summed E-state index contributed by atoms with van der Waals surface area (Å²) in [5.74, 6) is -6.08. The normalized spacial score (nSPS) is 23.5. The molecule has 4 rings (SSSR count). The molecule has 0 saturated heterocycles. The quantitative estimate of drug-likeness (QED) is 0.263. The number of rotatable bonds is 8. The maximum Gasteiger partial charge on any atom is 0.433 e. The molecule has 0 bridgehead atoms. The van der Waals surface area contributed by atoms with E-state index in [9.17, 15) is 41.4 Å². The molecule has 1 N–H and O–H groups in total. The number of hydrogen-bond donors (Lipinski definition) is 1. The Balaban J connectivity index is 1.69. The van der Waals surface area contributed by atoms with E-state index in [0.717, 1.165) is 23.5 Å². The van der Waals surface area contributed by atoms with Gasteiger partial charge in [0.25, 0.3) is 5.91 Å². The van der Waals surface area contributed by atoms with Gasteiger partial charge in [-0.05, 0) is 38.0 Å². The van der Waals surface area contributed by atoms with Crippen LogP contribution in [0.25, 0.3) is 0 Å². The largest absolute Gasteiger partial charge is 0.481 e. The van der Waals surface area contributed by atoms with Crippen molar-refractivity contribution in [3.05, 3.63) is 45.5 Å². The van der Waals surface area contributed by atoms with E-state index in [1.165, 1.54) is 13.8 Å². The Labute approximate surface area is 241 Å². The number of hydrogen-bond acceptors (Lipinski definition) is 5. The lowest BCUT2D eigenvalue weighted by molar-refractivity contribution is -0.158. The monoisotopic (exact) mass is 624 g/mol. The first-order valence-corrected chi connectivity index (χ1v) is 13.5. The van der Waals surface area contributed by atoms with E-state index in [2.05, 4.69) is 10.1 Å². The number of pyridine rings is 1. The molecule has 2 saturated carbocycles. The number of halogens is 7. The molecule has 0 spiro atoms. The minimum Gasteiger partial charge on any atom is -0.481 e. The molecular weight excluding hydrogens is 598 g/mol. The van der Waals surface area contributed by atoms with Crippen molar-refractivity contribution in [2.45, 2.75) is 70.5 Å². The van der Waals surface area contributed by atoms with E-state index in [-0.39, 0.29) is 41.3 Å². The minimum absolute atomic E-state index is 0.0790. The van der Waals surface area contributed by atoms with E-state index in [1.807, 2.05) is 0 Å². The topological polar surface area (TPSA) is 105 Å². The van der Waals surface area contributed by atoms with Gasteiger partial charge in [-0.2, -0.15) is 18.3 Å². The molecule has 0 aliphatic heterocycles. The number of carboxylic acids is 1. The number of amides is 1. The summed E-state index contributed by atoms with van der Waals surface area (Å²) in [6, 6.07) is -0.826. The Morgan fingerprint density at radius 3 is 2.12 bits per heavy atom. The van der Waals surface area contributed by atoms with E-state index in [0.29, 0.717) is 4.68 Å². The number of alkyl halides is 5. The lowest BCUT2D eigenvalue weighted by atomic mass is 9.67. The van der Waals surface area contributed by atoms with Crippen molar-refractivity contribution < 1.29 is 41.4 Å². The van der Waals surface area contributed by atoms with E-state index in [1.54, 1.807) is 0 Å². The fourth-order valence-electron chi connectivity index (χ4n) is 5.85. The Bertz CT molecular complexity index is 1340. The fraction of sp³-hybridized carbons (Fsp3) is 0.577. The molecule has 224 valence electrons. The molecule has 1 amide bonds. The lowest BCUT2D eigenvalue weighted by Crippen LogP contribution is -2.52. The second kappa shape index (κ2) is 10.8. The predicted octanol–water partition coefficient (Wildman–Crippen LogP) is 6.57. The summed E-state index contributed by atoms with van der Waals surface area (Å²) < 4.78 is 71.5. The summed E-state index contributed by atoms with van der Waals surface area (Å²) in [4.78, 5) is 43.0.